The topological polar surface area (TPSA) is 0 Å². The molecule has 0 spiro atoms. The fourth-order valence-corrected chi connectivity index (χ4v) is 0. The third-order valence-corrected chi connectivity index (χ3v) is 1.22. The molecule has 0 heterocycles. The van der Waals surface area contributed by atoms with Crippen molar-refractivity contribution in [2.24, 2.45) is 0 Å². The first-order chi connectivity index (χ1) is 2.64. The third kappa shape index (κ3) is 2.80. The number of halogens is 2. The summed E-state index contributed by atoms with van der Waals surface area (Å²) in [6.07, 6.45) is 0. The van der Waals surface area contributed by atoms with E-state index in [-0.39, 0.29) is 5.38 Å². The van der Waals surface area contributed by atoms with Crippen LogP contribution in [0.4, 0.5) is 0 Å². The van der Waals surface area contributed by atoms with E-state index in [1.165, 1.54) is 0 Å². The largest absolute Gasteiger partial charge is 0.122 e. The summed E-state index contributed by atoms with van der Waals surface area (Å²) >= 11 is 10.6. The molecule has 0 aromatic rings. The maximum Gasteiger partial charge on any atom is 0.0531 e. The zero-order chi connectivity index (χ0) is 5.15. The van der Waals surface area contributed by atoms with Gasteiger partial charge in [-0.3, -0.25) is 0 Å². The Morgan fingerprint density at radius 3 is 1.67 bits per heavy atom. The standard InChI is InChI=1S/C4H6Cl2/c1-3(5)4(2)6/h1,3-4H,2H3. The van der Waals surface area contributed by atoms with Crippen LogP contribution in [0.15, 0.2) is 0 Å². The molecule has 0 rings (SSSR count). The maximum atomic E-state index is 5.36. The molecule has 2 heteroatoms. The van der Waals surface area contributed by atoms with Crippen LogP contribution in [0.1, 0.15) is 6.92 Å². The summed E-state index contributed by atoms with van der Waals surface area (Å²) in [4.78, 5) is 0. The Morgan fingerprint density at radius 2 is 1.67 bits per heavy atom. The van der Waals surface area contributed by atoms with Gasteiger partial charge in [-0.2, -0.15) is 0 Å². The van der Waals surface area contributed by atoms with Crippen LogP contribution in [0.5, 0.6) is 0 Å². The van der Waals surface area contributed by atoms with E-state index in [0.29, 0.717) is 0 Å². The van der Waals surface area contributed by atoms with E-state index in [1.807, 2.05) is 0 Å². The number of hydrogen-bond donors (Lipinski definition) is 0. The molecule has 0 aliphatic carbocycles. The Morgan fingerprint density at radius 1 is 1.50 bits per heavy atom. The zero-order valence-electron chi connectivity index (χ0n) is 3.49. The van der Waals surface area contributed by atoms with Crippen molar-refractivity contribution < 1.29 is 0 Å². The Balaban J connectivity index is 2.99. The van der Waals surface area contributed by atoms with Gasteiger partial charge in [-0.25, -0.2) is 0 Å². The highest BCUT2D eigenvalue weighted by Crippen LogP contribution is 2.05. The van der Waals surface area contributed by atoms with E-state index in [0.717, 1.165) is 0 Å². The summed E-state index contributed by atoms with van der Waals surface area (Å²) in [5, 5.41) is -0.543. The second-order valence-electron chi connectivity index (χ2n) is 1.12. The molecule has 0 saturated carbocycles. The van der Waals surface area contributed by atoms with Gasteiger partial charge in [0.2, 0.25) is 0 Å². The van der Waals surface area contributed by atoms with Crippen LogP contribution in [0.25, 0.3) is 0 Å². The fourth-order valence-electron chi connectivity index (χ4n) is 0. The van der Waals surface area contributed by atoms with Gasteiger partial charge in [-0.15, -0.1) is 23.2 Å². The van der Waals surface area contributed by atoms with E-state index in [9.17, 15) is 0 Å². The third-order valence-electron chi connectivity index (χ3n) is 0.439. The first-order valence-electron chi connectivity index (χ1n) is 1.68. The van der Waals surface area contributed by atoms with Crippen LogP contribution in [-0.4, -0.2) is 10.8 Å². The van der Waals surface area contributed by atoms with E-state index in [4.69, 9.17) is 30.1 Å². The van der Waals surface area contributed by atoms with Gasteiger partial charge < -0.3 is 0 Å². The molecule has 0 aliphatic rings. The van der Waals surface area contributed by atoms with E-state index < -0.39 is 5.38 Å². The Kier molecular flexibility index (Phi) is 2.96. The highest BCUT2D eigenvalue weighted by Gasteiger charge is 2.01. The summed E-state index contributed by atoms with van der Waals surface area (Å²) in [6, 6.07) is 0. The summed E-state index contributed by atoms with van der Waals surface area (Å²) in [5.74, 6) is 0. The molecule has 0 fully saturated rings. The molecule has 0 bridgehead atoms. The van der Waals surface area contributed by atoms with Crippen LogP contribution in [-0.2, 0) is 0 Å². The van der Waals surface area contributed by atoms with Crippen LogP contribution < -0.4 is 0 Å². The lowest BCUT2D eigenvalue weighted by Gasteiger charge is -1.99. The Labute approximate surface area is 48.4 Å². The monoisotopic (exact) mass is 124 g/mol. The predicted molar refractivity (Wildman–Crippen MR) is 29.3 cm³/mol. The van der Waals surface area contributed by atoms with Crippen LogP contribution >= 0.6 is 23.2 Å². The molecular weight excluding hydrogens is 119 g/mol. The van der Waals surface area contributed by atoms with Crippen molar-refractivity contribution in [3.8, 4) is 0 Å². The second-order valence-corrected chi connectivity index (χ2v) is 2.31. The summed E-state index contributed by atoms with van der Waals surface area (Å²) in [7, 11) is 0. The molecule has 6 heavy (non-hydrogen) atoms. The Bertz CT molecular complexity index is 26.5. The zero-order valence-corrected chi connectivity index (χ0v) is 5.00. The first-order valence-corrected chi connectivity index (χ1v) is 2.55. The predicted octanol–water partition coefficient (Wildman–Crippen LogP) is 1.93. The molecule has 2 atom stereocenters. The average Bonchev–Trinajstić information content (AvgIpc) is 1.36. The van der Waals surface area contributed by atoms with Crippen LogP contribution in [0.3, 0.4) is 0 Å². The van der Waals surface area contributed by atoms with Crippen molar-refractivity contribution in [1.82, 2.24) is 0 Å². The van der Waals surface area contributed by atoms with Crippen LogP contribution in [0, 0.1) is 6.92 Å². The SMILES string of the molecule is [CH]C(Cl)C(C)Cl. The quantitative estimate of drug-likeness (QED) is 0.469. The van der Waals surface area contributed by atoms with Crippen molar-refractivity contribution in [3.63, 3.8) is 0 Å². The van der Waals surface area contributed by atoms with E-state index >= 15 is 0 Å². The van der Waals surface area contributed by atoms with Gasteiger partial charge in [0.25, 0.3) is 0 Å². The van der Waals surface area contributed by atoms with Gasteiger partial charge in [0.05, 0.1) is 5.38 Å². The molecule has 2 radical (unpaired) electrons. The molecule has 0 aromatic heterocycles. The van der Waals surface area contributed by atoms with Crippen molar-refractivity contribution in [2.75, 3.05) is 0 Å². The minimum Gasteiger partial charge on any atom is -0.122 e. The number of hydrogen-bond acceptors (Lipinski definition) is 0. The lowest BCUT2D eigenvalue weighted by atomic mass is 10.4. The van der Waals surface area contributed by atoms with Crippen molar-refractivity contribution in [3.05, 3.63) is 6.92 Å². The lowest BCUT2D eigenvalue weighted by Crippen LogP contribution is -2.04. The average molecular weight is 125 g/mol. The molecule has 0 saturated heterocycles. The van der Waals surface area contributed by atoms with Gasteiger partial charge in [0.15, 0.2) is 0 Å². The summed E-state index contributed by atoms with van der Waals surface area (Å²) in [5.41, 5.74) is 0. The van der Waals surface area contributed by atoms with Crippen molar-refractivity contribution in [2.45, 2.75) is 17.7 Å². The molecule has 0 amide bonds. The van der Waals surface area contributed by atoms with Gasteiger partial charge >= 0.3 is 0 Å². The second kappa shape index (κ2) is 2.70. The molecule has 0 nitrogen and oxygen atoms in total. The minimum atomic E-state index is -0.410. The number of rotatable bonds is 1. The molecule has 0 aliphatic heterocycles. The first kappa shape index (κ1) is 6.58. The highest BCUT2D eigenvalue weighted by molar-refractivity contribution is 6.30. The van der Waals surface area contributed by atoms with Gasteiger partial charge in [-0.05, 0) is 13.8 Å². The molecule has 36 valence electrons. The summed E-state index contributed by atoms with van der Waals surface area (Å²) < 4.78 is 0. The lowest BCUT2D eigenvalue weighted by molar-refractivity contribution is 0.974. The Hall–Kier alpha value is 0.580. The van der Waals surface area contributed by atoms with Crippen molar-refractivity contribution in [1.29, 1.82) is 0 Å². The minimum absolute atomic E-state index is 0.133. The highest BCUT2D eigenvalue weighted by atomic mass is 35.5. The van der Waals surface area contributed by atoms with E-state index in [2.05, 4.69) is 0 Å². The smallest absolute Gasteiger partial charge is 0.0531 e. The molecule has 0 aromatic carbocycles. The van der Waals surface area contributed by atoms with Crippen molar-refractivity contribution >= 4 is 23.2 Å². The van der Waals surface area contributed by atoms with Crippen LogP contribution in [0.2, 0.25) is 0 Å². The molecule has 2 unspecified atom stereocenters. The number of alkyl halides is 2. The van der Waals surface area contributed by atoms with E-state index in [1.54, 1.807) is 6.92 Å². The molecule has 0 N–H and O–H groups in total. The van der Waals surface area contributed by atoms with Gasteiger partial charge in [-0.1, -0.05) is 0 Å². The van der Waals surface area contributed by atoms with Gasteiger partial charge in [0, 0.05) is 5.38 Å². The normalized spacial score (nSPS) is 20.0. The van der Waals surface area contributed by atoms with Gasteiger partial charge in [0.1, 0.15) is 0 Å². The summed E-state index contributed by atoms with van der Waals surface area (Å²) in [6.45, 7) is 6.82. The fraction of sp³-hybridized carbons (Fsp3) is 0.750. The molecular formula is C4H6Cl2. The maximum absolute atomic E-state index is 5.36.